The van der Waals surface area contributed by atoms with Crippen LogP contribution in [0.4, 0.5) is 20.2 Å². The standard InChI is InChI=1S/C18H13FN4.C9H11FN2.C9H6N2O/c19-12-3-6-15-16(8-12)23(13-4-5-13)18(22-15)14-10-20-9-11-2-1-7-21-17(11)14;10-6-1-4-8(11)9(5-6)12-7-2-3-7;12-6-8-5-10-4-7-2-1-3-11-9(7)8/h1-3,6-10,13H,4-5H2;1,4-5,7,12H,2-3,11H2;1-6H. The van der Waals surface area contributed by atoms with Crippen molar-refractivity contribution >= 4 is 50.5 Å². The van der Waals surface area contributed by atoms with Crippen LogP contribution in [0.25, 0.3) is 44.2 Å². The first-order valence-corrected chi connectivity index (χ1v) is 15.3. The number of nitrogen functional groups attached to an aromatic ring is 1. The highest BCUT2D eigenvalue weighted by atomic mass is 19.1. The first-order chi connectivity index (χ1) is 23.0. The third-order valence-corrected chi connectivity index (χ3v) is 7.93. The summed E-state index contributed by atoms with van der Waals surface area (Å²) in [6, 6.07) is 17.6. The van der Waals surface area contributed by atoms with Crippen LogP contribution >= 0.6 is 0 Å². The minimum Gasteiger partial charge on any atom is -0.397 e. The van der Waals surface area contributed by atoms with E-state index >= 15 is 0 Å². The predicted molar refractivity (Wildman–Crippen MR) is 179 cm³/mol. The first kappa shape index (κ1) is 29.8. The number of anilines is 2. The van der Waals surface area contributed by atoms with Crippen LogP contribution in [0.5, 0.6) is 0 Å². The van der Waals surface area contributed by atoms with Gasteiger partial charge in [-0.15, -0.1) is 0 Å². The molecule has 0 unspecified atom stereocenters. The zero-order valence-corrected chi connectivity index (χ0v) is 25.2. The predicted octanol–water partition coefficient (Wildman–Crippen LogP) is 7.55. The third kappa shape index (κ3) is 6.60. The summed E-state index contributed by atoms with van der Waals surface area (Å²) in [5.41, 5.74) is 11.6. The number of aldehydes is 1. The number of benzene rings is 2. The van der Waals surface area contributed by atoms with Gasteiger partial charge in [0.15, 0.2) is 6.29 Å². The molecule has 2 aliphatic rings. The second-order valence-corrected chi connectivity index (χ2v) is 11.5. The Labute approximate surface area is 268 Å². The molecule has 234 valence electrons. The molecule has 0 atom stereocenters. The molecule has 9 rings (SSSR count). The van der Waals surface area contributed by atoms with Gasteiger partial charge in [-0.05, 0) is 86.3 Å². The first-order valence-electron chi connectivity index (χ1n) is 15.3. The molecule has 0 saturated heterocycles. The average molecular weight is 629 g/mol. The molecule has 11 heteroatoms. The van der Waals surface area contributed by atoms with Crippen molar-refractivity contribution < 1.29 is 13.6 Å². The SMILES string of the molecule is Fc1ccc2nc(-c3cncc4cccnc34)n(C3CC3)c2c1.Nc1ccc(F)cc1NC1CC1.O=Cc1cncc2cccnc12. The molecule has 5 aromatic heterocycles. The van der Waals surface area contributed by atoms with Gasteiger partial charge in [-0.2, -0.15) is 0 Å². The van der Waals surface area contributed by atoms with Gasteiger partial charge in [-0.1, -0.05) is 0 Å². The van der Waals surface area contributed by atoms with E-state index in [0.717, 1.165) is 76.4 Å². The molecule has 5 heterocycles. The van der Waals surface area contributed by atoms with Gasteiger partial charge in [-0.25, -0.2) is 13.8 Å². The quantitative estimate of drug-likeness (QED) is 0.148. The lowest BCUT2D eigenvalue weighted by Gasteiger charge is -2.09. The average Bonchev–Trinajstić information content (AvgIpc) is 4.05. The fourth-order valence-corrected chi connectivity index (χ4v) is 5.33. The number of halogens is 2. The molecule has 7 aromatic rings. The van der Waals surface area contributed by atoms with Crippen molar-refractivity contribution in [2.75, 3.05) is 11.1 Å². The van der Waals surface area contributed by atoms with Gasteiger partial charge in [0.25, 0.3) is 0 Å². The Kier molecular flexibility index (Phi) is 8.18. The summed E-state index contributed by atoms with van der Waals surface area (Å²) >= 11 is 0. The van der Waals surface area contributed by atoms with Crippen LogP contribution in [0.1, 0.15) is 42.1 Å². The van der Waals surface area contributed by atoms with Crippen molar-refractivity contribution in [3.8, 4) is 11.4 Å². The van der Waals surface area contributed by atoms with Crippen LogP contribution in [-0.4, -0.2) is 41.8 Å². The molecule has 3 N–H and O–H groups in total. The Morgan fingerprint density at radius 1 is 0.809 bits per heavy atom. The van der Waals surface area contributed by atoms with Gasteiger partial charge in [-0.3, -0.25) is 24.7 Å². The van der Waals surface area contributed by atoms with Gasteiger partial charge in [0.1, 0.15) is 17.5 Å². The van der Waals surface area contributed by atoms with Gasteiger partial charge >= 0.3 is 0 Å². The van der Waals surface area contributed by atoms with Gasteiger partial charge < -0.3 is 15.6 Å². The minimum atomic E-state index is -0.243. The molecule has 0 radical (unpaired) electrons. The van der Waals surface area contributed by atoms with Gasteiger partial charge in [0.2, 0.25) is 0 Å². The van der Waals surface area contributed by atoms with Crippen LogP contribution in [0.3, 0.4) is 0 Å². The highest BCUT2D eigenvalue weighted by Crippen LogP contribution is 2.42. The maximum absolute atomic E-state index is 13.7. The monoisotopic (exact) mass is 628 g/mol. The largest absolute Gasteiger partial charge is 0.397 e. The maximum Gasteiger partial charge on any atom is 0.153 e. The maximum atomic E-state index is 13.7. The van der Waals surface area contributed by atoms with Crippen LogP contribution in [-0.2, 0) is 0 Å². The Balaban J connectivity index is 0.000000124. The van der Waals surface area contributed by atoms with E-state index < -0.39 is 0 Å². The molecule has 9 nitrogen and oxygen atoms in total. The molecule has 0 amide bonds. The number of imidazole rings is 1. The number of pyridine rings is 4. The molecule has 2 aliphatic carbocycles. The van der Waals surface area contributed by atoms with Gasteiger partial charge in [0.05, 0.1) is 44.6 Å². The molecular formula is C36H30F2N8O. The van der Waals surface area contributed by atoms with E-state index in [2.05, 4.69) is 29.8 Å². The summed E-state index contributed by atoms with van der Waals surface area (Å²) in [7, 11) is 0. The van der Waals surface area contributed by atoms with E-state index in [4.69, 9.17) is 10.7 Å². The van der Waals surface area contributed by atoms with Crippen LogP contribution in [0.2, 0.25) is 0 Å². The van der Waals surface area contributed by atoms with E-state index in [1.165, 1.54) is 24.4 Å². The number of rotatable bonds is 5. The van der Waals surface area contributed by atoms with E-state index in [1.54, 1.807) is 49.2 Å². The number of hydrogen-bond donors (Lipinski definition) is 2. The number of aromatic nitrogens is 6. The summed E-state index contributed by atoms with van der Waals surface area (Å²) in [4.78, 5) is 32.1. The van der Waals surface area contributed by atoms with Crippen molar-refractivity contribution in [3.63, 3.8) is 0 Å². The molecule has 2 aromatic carbocycles. The number of carbonyl (C=O) groups excluding carboxylic acids is 1. The topological polar surface area (TPSA) is 124 Å². The van der Waals surface area contributed by atoms with Gasteiger partial charge in [0, 0.05) is 60.0 Å². The molecule has 2 fully saturated rings. The fraction of sp³-hybridized carbons (Fsp3) is 0.167. The van der Waals surface area contributed by atoms with Crippen molar-refractivity contribution in [2.24, 2.45) is 0 Å². The summed E-state index contributed by atoms with van der Waals surface area (Å²) in [6.45, 7) is 0. The zero-order valence-electron chi connectivity index (χ0n) is 25.2. The van der Waals surface area contributed by atoms with Crippen LogP contribution in [0, 0.1) is 11.6 Å². The van der Waals surface area contributed by atoms with E-state index in [-0.39, 0.29) is 11.6 Å². The van der Waals surface area contributed by atoms with Crippen LogP contribution < -0.4 is 11.1 Å². The van der Waals surface area contributed by atoms with Crippen LogP contribution in [0.15, 0.2) is 97.8 Å². The highest BCUT2D eigenvalue weighted by molar-refractivity contribution is 5.95. The molecule has 47 heavy (non-hydrogen) atoms. The second kappa shape index (κ2) is 12.9. The number of nitrogens with zero attached hydrogens (tertiary/aromatic N) is 6. The molecular weight excluding hydrogens is 598 g/mol. The van der Waals surface area contributed by atoms with Crippen molar-refractivity contribution in [1.29, 1.82) is 0 Å². The summed E-state index contributed by atoms with van der Waals surface area (Å²) in [5, 5.41) is 5.03. The fourth-order valence-electron chi connectivity index (χ4n) is 5.33. The molecule has 0 bridgehead atoms. The number of fused-ring (bicyclic) bond motifs is 3. The Hall–Kier alpha value is -5.84. The third-order valence-electron chi connectivity index (χ3n) is 7.93. The van der Waals surface area contributed by atoms with E-state index in [9.17, 15) is 13.6 Å². The molecule has 0 aliphatic heterocycles. The normalized spacial score (nSPS) is 13.8. The summed E-state index contributed by atoms with van der Waals surface area (Å²) < 4.78 is 28.6. The number of carbonyl (C=O) groups is 1. The second-order valence-electron chi connectivity index (χ2n) is 11.5. The Morgan fingerprint density at radius 2 is 1.49 bits per heavy atom. The Morgan fingerprint density at radius 3 is 2.21 bits per heavy atom. The van der Waals surface area contributed by atoms with Crippen molar-refractivity contribution in [1.82, 2.24) is 29.5 Å². The molecule has 2 saturated carbocycles. The van der Waals surface area contributed by atoms with Crippen molar-refractivity contribution in [2.45, 2.75) is 37.8 Å². The van der Waals surface area contributed by atoms with Crippen molar-refractivity contribution in [3.05, 3.63) is 115 Å². The summed E-state index contributed by atoms with van der Waals surface area (Å²) in [6.07, 6.45) is 15.5. The highest BCUT2D eigenvalue weighted by Gasteiger charge is 2.29. The summed E-state index contributed by atoms with van der Waals surface area (Å²) in [5.74, 6) is 0.345. The minimum absolute atomic E-state index is 0.236. The lowest BCUT2D eigenvalue weighted by molar-refractivity contribution is 0.112. The number of nitrogens with one attached hydrogen (secondary N) is 1. The van der Waals surface area contributed by atoms with E-state index in [1.807, 2.05) is 24.3 Å². The molecule has 0 spiro atoms. The zero-order chi connectivity index (χ0) is 32.3. The lowest BCUT2D eigenvalue weighted by Crippen LogP contribution is -2.04. The van der Waals surface area contributed by atoms with E-state index in [0.29, 0.717) is 28.9 Å². The number of nitrogens with two attached hydrogens (primary N) is 1. The lowest BCUT2D eigenvalue weighted by atomic mass is 10.1. The number of hydrogen-bond acceptors (Lipinski definition) is 8. The smallest absolute Gasteiger partial charge is 0.153 e. The Bertz CT molecular complexity index is 2220.